The molecule has 100 valence electrons. The first-order valence-corrected chi connectivity index (χ1v) is 5.90. The van der Waals surface area contributed by atoms with E-state index in [1.54, 1.807) is 19.2 Å². The molecular formula is C11H12ClN5O2. The molecule has 0 aliphatic rings. The fourth-order valence-corrected chi connectivity index (χ4v) is 1.78. The Balaban J connectivity index is 2.45. The Kier molecular flexibility index (Phi) is 3.77. The number of aromatic nitrogens is 4. The van der Waals surface area contributed by atoms with Crippen LogP contribution in [0, 0.1) is 0 Å². The van der Waals surface area contributed by atoms with Crippen molar-refractivity contribution in [3.63, 3.8) is 0 Å². The summed E-state index contributed by atoms with van der Waals surface area (Å²) in [6.07, 6.45) is 3.07. The summed E-state index contributed by atoms with van der Waals surface area (Å²) in [5.41, 5.74) is 6.56. The number of halogens is 1. The molecule has 0 aromatic carbocycles. The van der Waals surface area contributed by atoms with E-state index in [4.69, 9.17) is 22.4 Å². The van der Waals surface area contributed by atoms with Crippen LogP contribution in [0.15, 0.2) is 18.5 Å². The summed E-state index contributed by atoms with van der Waals surface area (Å²) >= 11 is 5.70. The maximum absolute atomic E-state index is 11.1. The predicted octanol–water partition coefficient (Wildman–Crippen LogP) is 1.04. The molecule has 8 heteroatoms. The van der Waals surface area contributed by atoms with Gasteiger partial charge in [0.25, 0.3) is 0 Å². The average Bonchev–Trinajstić information content (AvgIpc) is 2.72. The van der Waals surface area contributed by atoms with Crippen molar-refractivity contribution in [3.8, 4) is 11.4 Å². The van der Waals surface area contributed by atoms with Gasteiger partial charge in [0.05, 0.1) is 5.69 Å². The van der Waals surface area contributed by atoms with E-state index in [0.717, 1.165) is 0 Å². The number of aromatic carboxylic acids is 1. The molecule has 2 rings (SSSR count). The fourth-order valence-electron chi connectivity index (χ4n) is 1.64. The molecule has 2 aromatic rings. The summed E-state index contributed by atoms with van der Waals surface area (Å²) in [5, 5.41) is 9.19. The average molecular weight is 282 g/mol. The Hall–Kier alpha value is -1.99. The van der Waals surface area contributed by atoms with Gasteiger partial charge in [-0.25, -0.2) is 19.7 Å². The summed E-state index contributed by atoms with van der Waals surface area (Å²) in [4.78, 5) is 22.9. The van der Waals surface area contributed by atoms with Crippen LogP contribution in [0.3, 0.4) is 0 Å². The second-order valence-electron chi connectivity index (χ2n) is 4.10. The number of rotatable bonds is 4. The van der Waals surface area contributed by atoms with Gasteiger partial charge in [-0.15, -0.1) is 0 Å². The van der Waals surface area contributed by atoms with Gasteiger partial charge in [0.1, 0.15) is 5.69 Å². The van der Waals surface area contributed by atoms with Crippen LogP contribution in [0.5, 0.6) is 0 Å². The van der Waals surface area contributed by atoms with E-state index in [-0.39, 0.29) is 17.1 Å². The lowest BCUT2D eigenvalue weighted by molar-refractivity contribution is 0.0678. The van der Waals surface area contributed by atoms with E-state index in [0.29, 0.717) is 17.9 Å². The zero-order chi connectivity index (χ0) is 14.0. The van der Waals surface area contributed by atoms with Crippen molar-refractivity contribution < 1.29 is 9.90 Å². The van der Waals surface area contributed by atoms with E-state index in [9.17, 15) is 4.79 Å². The number of imidazole rings is 1. The topological polar surface area (TPSA) is 107 Å². The second kappa shape index (κ2) is 5.33. The van der Waals surface area contributed by atoms with Crippen molar-refractivity contribution in [3.05, 3.63) is 29.6 Å². The monoisotopic (exact) mass is 281 g/mol. The van der Waals surface area contributed by atoms with Crippen LogP contribution < -0.4 is 5.73 Å². The van der Waals surface area contributed by atoms with Gasteiger partial charge < -0.3 is 15.4 Å². The molecule has 2 aromatic heterocycles. The summed E-state index contributed by atoms with van der Waals surface area (Å²) < 4.78 is 1.48. The highest BCUT2D eigenvalue weighted by molar-refractivity contribution is 6.28. The highest BCUT2D eigenvalue weighted by atomic mass is 35.5. The molecule has 0 saturated heterocycles. The first kappa shape index (κ1) is 13.4. The van der Waals surface area contributed by atoms with Crippen LogP contribution in [0.4, 0.5) is 0 Å². The van der Waals surface area contributed by atoms with Crippen molar-refractivity contribution in [1.82, 2.24) is 19.5 Å². The molecule has 0 spiro atoms. The standard InChI is InChI=1S/C11H12ClN5O2/c1-6(13)4-17-5-8(15-9(17)10(18)19)7-2-3-14-11(12)16-7/h2-3,5-6H,4,13H2,1H3,(H,18,19). The minimum absolute atomic E-state index is 0.0797. The normalized spacial score (nSPS) is 12.4. The third kappa shape index (κ3) is 3.07. The number of nitrogens with zero attached hydrogens (tertiary/aromatic N) is 4. The van der Waals surface area contributed by atoms with Crippen molar-refractivity contribution in [2.75, 3.05) is 0 Å². The largest absolute Gasteiger partial charge is 0.475 e. The Bertz CT molecular complexity index is 611. The van der Waals surface area contributed by atoms with E-state index >= 15 is 0 Å². The number of hydrogen-bond donors (Lipinski definition) is 2. The number of nitrogens with two attached hydrogens (primary N) is 1. The minimum atomic E-state index is -1.12. The molecule has 0 saturated carbocycles. The second-order valence-corrected chi connectivity index (χ2v) is 4.43. The molecular weight excluding hydrogens is 270 g/mol. The van der Waals surface area contributed by atoms with Crippen molar-refractivity contribution >= 4 is 17.6 Å². The van der Waals surface area contributed by atoms with Gasteiger partial charge in [-0.1, -0.05) is 0 Å². The van der Waals surface area contributed by atoms with Gasteiger partial charge >= 0.3 is 5.97 Å². The van der Waals surface area contributed by atoms with Crippen molar-refractivity contribution in [2.24, 2.45) is 5.73 Å². The smallest absolute Gasteiger partial charge is 0.372 e. The maximum atomic E-state index is 11.1. The van der Waals surface area contributed by atoms with Crippen molar-refractivity contribution in [1.29, 1.82) is 0 Å². The molecule has 0 amide bonds. The Labute approximate surface area is 114 Å². The van der Waals surface area contributed by atoms with Gasteiger partial charge in [-0.2, -0.15) is 0 Å². The molecule has 1 unspecified atom stereocenters. The van der Waals surface area contributed by atoms with E-state index in [1.807, 2.05) is 0 Å². The van der Waals surface area contributed by atoms with Gasteiger partial charge in [0.15, 0.2) is 0 Å². The Morgan fingerprint density at radius 2 is 2.26 bits per heavy atom. The van der Waals surface area contributed by atoms with E-state index < -0.39 is 5.97 Å². The third-order valence-corrected chi connectivity index (χ3v) is 2.52. The zero-order valence-corrected chi connectivity index (χ0v) is 10.9. The number of carboxylic acid groups (broad SMARTS) is 1. The molecule has 7 nitrogen and oxygen atoms in total. The molecule has 0 fully saturated rings. The summed E-state index contributed by atoms with van der Waals surface area (Å²) in [6.45, 7) is 2.14. The first-order chi connectivity index (χ1) is 8.97. The molecule has 0 aliphatic carbocycles. The highest BCUT2D eigenvalue weighted by Crippen LogP contribution is 2.17. The van der Waals surface area contributed by atoms with Gasteiger partial charge in [0.2, 0.25) is 11.1 Å². The molecule has 3 N–H and O–H groups in total. The molecule has 2 heterocycles. The number of carbonyl (C=O) groups is 1. The van der Waals surface area contributed by atoms with Crippen LogP contribution in [-0.2, 0) is 6.54 Å². The fraction of sp³-hybridized carbons (Fsp3) is 0.273. The highest BCUT2D eigenvalue weighted by Gasteiger charge is 2.17. The number of carboxylic acids is 1. The van der Waals surface area contributed by atoms with Crippen LogP contribution in [0.2, 0.25) is 5.28 Å². The molecule has 0 bridgehead atoms. The van der Waals surface area contributed by atoms with E-state index in [1.165, 1.54) is 10.8 Å². The molecule has 0 radical (unpaired) electrons. The molecule has 19 heavy (non-hydrogen) atoms. The lowest BCUT2D eigenvalue weighted by atomic mass is 10.3. The third-order valence-electron chi connectivity index (χ3n) is 2.34. The lowest BCUT2D eigenvalue weighted by Gasteiger charge is -2.07. The predicted molar refractivity (Wildman–Crippen MR) is 68.9 cm³/mol. The van der Waals surface area contributed by atoms with Gasteiger partial charge in [0, 0.05) is 25.0 Å². The SMILES string of the molecule is CC(N)Cn1cc(-c2ccnc(Cl)n2)nc1C(=O)O. The Morgan fingerprint density at radius 3 is 2.84 bits per heavy atom. The molecule has 1 atom stereocenters. The summed E-state index contributed by atoms with van der Waals surface area (Å²) in [6, 6.07) is 1.42. The number of hydrogen-bond acceptors (Lipinski definition) is 5. The van der Waals surface area contributed by atoms with Crippen LogP contribution in [0.25, 0.3) is 11.4 Å². The van der Waals surface area contributed by atoms with Crippen LogP contribution >= 0.6 is 11.6 Å². The van der Waals surface area contributed by atoms with Crippen molar-refractivity contribution in [2.45, 2.75) is 19.5 Å². The quantitative estimate of drug-likeness (QED) is 0.811. The van der Waals surface area contributed by atoms with Gasteiger partial charge in [-0.3, -0.25) is 0 Å². The van der Waals surface area contributed by atoms with Gasteiger partial charge in [-0.05, 0) is 24.6 Å². The zero-order valence-electron chi connectivity index (χ0n) is 10.1. The minimum Gasteiger partial charge on any atom is -0.475 e. The van der Waals surface area contributed by atoms with E-state index in [2.05, 4.69) is 15.0 Å². The summed E-state index contributed by atoms with van der Waals surface area (Å²) in [7, 11) is 0. The molecule has 0 aliphatic heterocycles. The van der Waals surface area contributed by atoms with Crippen LogP contribution in [-0.4, -0.2) is 36.6 Å². The first-order valence-electron chi connectivity index (χ1n) is 5.52. The maximum Gasteiger partial charge on any atom is 0.372 e. The Morgan fingerprint density at radius 1 is 1.53 bits per heavy atom. The van der Waals surface area contributed by atoms with Crippen LogP contribution in [0.1, 0.15) is 17.5 Å². The lowest BCUT2D eigenvalue weighted by Crippen LogP contribution is -2.24. The summed E-state index contributed by atoms with van der Waals surface area (Å²) in [5.74, 6) is -1.20.